The zero-order valence-electron chi connectivity index (χ0n) is 9.82. The predicted octanol–water partition coefficient (Wildman–Crippen LogP) is 1.61. The maximum atomic E-state index is 5.34. The van der Waals surface area contributed by atoms with Crippen molar-refractivity contribution >= 4 is 11.0 Å². The number of nitrogens with zero attached hydrogens (tertiary/aromatic N) is 5. The van der Waals surface area contributed by atoms with Crippen LogP contribution in [0, 0.1) is 0 Å². The molecular weight excluding hydrogens is 230 g/mol. The molecule has 0 amide bonds. The van der Waals surface area contributed by atoms with Crippen molar-refractivity contribution < 1.29 is 4.74 Å². The second-order valence-corrected chi connectivity index (χ2v) is 3.62. The Morgan fingerprint density at radius 2 is 2.11 bits per heavy atom. The summed E-state index contributed by atoms with van der Waals surface area (Å²) in [4.78, 5) is 16.8. The number of aromatic nitrogens is 5. The molecule has 0 spiro atoms. The molecule has 0 aliphatic rings. The minimum atomic E-state index is 0.578. The molecule has 3 rings (SSSR count). The molecule has 3 aromatic rings. The van der Waals surface area contributed by atoms with Crippen molar-refractivity contribution in [1.29, 1.82) is 0 Å². The fourth-order valence-corrected chi connectivity index (χ4v) is 1.72. The third kappa shape index (κ3) is 1.77. The number of imidazole rings is 1. The third-order valence-electron chi connectivity index (χ3n) is 2.50. The predicted molar refractivity (Wildman–Crippen MR) is 65.6 cm³/mol. The van der Waals surface area contributed by atoms with E-state index in [1.54, 1.807) is 31.1 Å². The molecule has 0 saturated heterocycles. The second-order valence-electron chi connectivity index (χ2n) is 3.62. The van der Waals surface area contributed by atoms with Gasteiger partial charge in [-0.1, -0.05) is 0 Å². The first-order valence-electron chi connectivity index (χ1n) is 5.61. The highest BCUT2D eigenvalue weighted by Gasteiger charge is 2.07. The van der Waals surface area contributed by atoms with Crippen molar-refractivity contribution in [3.63, 3.8) is 0 Å². The molecule has 0 aromatic carbocycles. The fraction of sp³-hybridized carbons (Fsp3) is 0.167. The van der Waals surface area contributed by atoms with Crippen molar-refractivity contribution in [2.24, 2.45) is 0 Å². The topological polar surface area (TPSA) is 65.7 Å². The Morgan fingerprint density at radius 3 is 2.89 bits per heavy atom. The van der Waals surface area contributed by atoms with Gasteiger partial charge in [0.2, 0.25) is 5.88 Å². The van der Waals surface area contributed by atoms with Gasteiger partial charge in [-0.15, -0.1) is 0 Å². The van der Waals surface area contributed by atoms with Gasteiger partial charge in [-0.2, -0.15) is 0 Å². The van der Waals surface area contributed by atoms with E-state index in [0.717, 1.165) is 11.0 Å². The van der Waals surface area contributed by atoms with Crippen LogP contribution >= 0.6 is 0 Å². The van der Waals surface area contributed by atoms with Crippen molar-refractivity contribution in [3.8, 4) is 11.7 Å². The minimum Gasteiger partial charge on any atom is -0.478 e. The van der Waals surface area contributed by atoms with E-state index >= 15 is 0 Å². The lowest BCUT2D eigenvalue weighted by molar-refractivity contribution is 0.327. The normalized spacial score (nSPS) is 10.7. The fourth-order valence-electron chi connectivity index (χ4n) is 1.72. The molecule has 0 bridgehead atoms. The Balaban J connectivity index is 2.10. The summed E-state index contributed by atoms with van der Waals surface area (Å²) >= 11 is 0. The van der Waals surface area contributed by atoms with E-state index in [1.807, 2.05) is 17.6 Å². The van der Waals surface area contributed by atoms with Crippen molar-refractivity contribution in [3.05, 3.63) is 37.2 Å². The van der Waals surface area contributed by atoms with E-state index in [-0.39, 0.29) is 0 Å². The van der Waals surface area contributed by atoms with Gasteiger partial charge < -0.3 is 4.74 Å². The summed E-state index contributed by atoms with van der Waals surface area (Å²) < 4.78 is 7.18. The average molecular weight is 241 g/mol. The first kappa shape index (κ1) is 10.6. The molecule has 0 radical (unpaired) electrons. The number of rotatable bonds is 3. The van der Waals surface area contributed by atoms with Crippen molar-refractivity contribution in [2.45, 2.75) is 6.92 Å². The van der Waals surface area contributed by atoms with Gasteiger partial charge in [-0.05, 0) is 6.92 Å². The van der Waals surface area contributed by atoms with Gasteiger partial charge in [0.1, 0.15) is 6.33 Å². The van der Waals surface area contributed by atoms with E-state index in [4.69, 9.17) is 4.74 Å². The molecule has 3 aromatic heterocycles. The van der Waals surface area contributed by atoms with Crippen LogP contribution < -0.4 is 4.74 Å². The van der Waals surface area contributed by atoms with Crippen LogP contribution in [0.5, 0.6) is 5.88 Å². The quantitative estimate of drug-likeness (QED) is 0.697. The smallest absolute Gasteiger partial charge is 0.215 e. The lowest BCUT2D eigenvalue weighted by Crippen LogP contribution is -1.97. The first-order chi connectivity index (χ1) is 8.88. The highest BCUT2D eigenvalue weighted by molar-refractivity contribution is 5.76. The van der Waals surface area contributed by atoms with Crippen molar-refractivity contribution in [2.75, 3.05) is 6.61 Å². The molecule has 18 heavy (non-hydrogen) atoms. The van der Waals surface area contributed by atoms with Gasteiger partial charge in [-0.25, -0.2) is 15.0 Å². The molecule has 6 nitrogen and oxygen atoms in total. The summed E-state index contributed by atoms with van der Waals surface area (Å²) in [5, 5.41) is 0. The summed E-state index contributed by atoms with van der Waals surface area (Å²) in [6.45, 7) is 2.51. The van der Waals surface area contributed by atoms with Gasteiger partial charge in [0.15, 0.2) is 5.82 Å². The number of ether oxygens (including phenoxy) is 1. The number of hydrogen-bond donors (Lipinski definition) is 0. The molecule has 6 heteroatoms. The van der Waals surface area contributed by atoms with Crippen LogP contribution in [0.25, 0.3) is 16.9 Å². The zero-order valence-corrected chi connectivity index (χ0v) is 9.82. The Kier molecular flexibility index (Phi) is 2.60. The highest BCUT2D eigenvalue weighted by Crippen LogP contribution is 2.19. The van der Waals surface area contributed by atoms with Gasteiger partial charge in [0.05, 0.1) is 30.0 Å². The molecule has 0 saturated carbocycles. The molecule has 0 unspecified atom stereocenters. The maximum Gasteiger partial charge on any atom is 0.215 e. The van der Waals surface area contributed by atoms with Crippen molar-refractivity contribution in [1.82, 2.24) is 24.5 Å². The maximum absolute atomic E-state index is 5.34. The number of pyridine rings is 1. The molecule has 90 valence electrons. The van der Waals surface area contributed by atoms with Crippen LogP contribution in [0.4, 0.5) is 0 Å². The van der Waals surface area contributed by atoms with E-state index in [9.17, 15) is 0 Å². The summed E-state index contributed by atoms with van der Waals surface area (Å²) in [5.41, 5.74) is 1.69. The van der Waals surface area contributed by atoms with Crippen LogP contribution in [-0.4, -0.2) is 31.1 Å². The van der Waals surface area contributed by atoms with Gasteiger partial charge >= 0.3 is 0 Å². The highest BCUT2D eigenvalue weighted by atomic mass is 16.5. The molecule has 0 N–H and O–H groups in total. The van der Waals surface area contributed by atoms with Gasteiger partial charge in [0.25, 0.3) is 0 Å². The largest absolute Gasteiger partial charge is 0.478 e. The van der Waals surface area contributed by atoms with Crippen LogP contribution in [0.3, 0.4) is 0 Å². The van der Waals surface area contributed by atoms with E-state index in [2.05, 4.69) is 19.9 Å². The monoisotopic (exact) mass is 241 g/mol. The Morgan fingerprint density at radius 1 is 1.17 bits per heavy atom. The third-order valence-corrected chi connectivity index (χ3v) is 2.50. The van der Waals surface area contributed by atoms with E-state index in [0.29, 0.717) is 18.3 Å². The van der Waals surface area contributed by atoms with Gasteiger partial charge in [0, 0.05) is 18.5 Å². The lowest BCUT2D eigenvalue weighted by atomic mass is 10.4. The summed E-state index contributed by atoms with van der Waals surface area (Å²) in [7, 11) is 0. The first-order valence-corrected chi connectivity index (χ1v) is 5.61. The average Bonchev–Trinajstić information content (AvgIpc) is 2.83. The summed E-state index contributed by atoms with van der Waals surface area (Å²) in [6.07, 6.45) is 8.38. The van der Waals surface area contributed by atoms with Crippen LogP contribution in [0.2, 0.25) is 0 Å². The SMILES string of the molecule is CCOc1cc2ncn(-c3cnccn3)c2cn1. The molecule has 3 heterocycles. The van der Waals surface area contributed by atoms with Crippen LogP contribution in [-0.2, 0) is 0 Å². The molecule has 0 atom stereocenters. The lowest BCUT2D eigenvalue weighted by Gasteiger charge is -2.03. The summed E-state index contributed by atoms with van der Waals surface area (Å²) in [6, 6.07) is 1.81. The minimum absolute atomic E-state index is 0.578. The molecular formula is C12H11N5O. The number of fused-ring (bicyclic) bond motifs is 1. The Labute approximate surface area is 103 Å². The molecule has 0 aliphatic heterocycles. The second kappa shape index (κ2) is 4.40. The van der Waals surface area contributed by atoms with E-state index in [1.165, 1.54) is 0 Å². The number of hydrogen-bond acceptors (Lipinski definition) is 5. The standard InChI is InChI=1S/C12H11N5O/c1-2-18-12-5-9-10(6-15-12)17(8-16-9)11-7-13-3-4-14-11/h3-8H,2H2,1H3. The van der Waals surface area contributed by atoms with Crippen LogP contribution in [0.15, 0.2) is 37.2 Å². The Bertz CT molecular complexity index is 665. The zero-order chi connectivity index (χ0) is 12.4. The summed E-state index contributed by atoms with van der Waals surface area (Å²) in [5.74, 6) is 1.29. The van der Waals surface area contributed by atoms with E-state index < -0.39 is 0 Å². The van der Waals surface area contributed by atoms with Crippen LogP contribution in [0.1, 0.15) is 6.92 Å². The molecule has 0 aliphatic carbocycles. The van der Waals surface area contributed by atoms with Gasteiger partial charge in [-0.3, -0.25) is 9.55 Å². The Hall–Kier alpha value is -2.50. The molecule has 0 fully saturated rings.